The van der Waals surface area contributed by atoms with Crippen LogP contribution in [0.25, 0.3) is 0 Å². The van der Waals surface area contributed by atoms with Gasteiger partial charge in [-0.25, -0.2) is 13.1 Å². The largest absolute Gasteiger partial charge is 0.356 e. The van der Waals surface area contributed by atoms with Crippen LogP contribution in [0.5, 0.6) is 0 Å². The van der Waals surface area contributed by atoms with E-state index in [2.05, 4.69) is 22.2 Å². The van der Waals surface area contributed by atoms with Crippen molar-refractivity contribution in [1.82, 2.24) is 10.0 Å². The fourth-order valence-corrected chi connectivity index (χ4v) is 4.35. The molecule has 0 fully saturated rings. The third-order valence-corrected chi connectivity index (χ3v) is 6.65. The van der Waals surface area contributed by atoms with Crippen LogP contribution >= 0.6 is 11.8 Å². The van der Waals surface area contributed by atoms with E-state index in [4.69, 9.17) is 0 Å². The summed E-state index contributed by atoms with van der Waals surface area (Å²) in [5.74, 6) is 0.770. The summed E-state index contributed by atoms with van der Waals surface area (Å²) in [5.41, 5.74) is 1.96. The van der Waals surface area contributed by atoms with Gasteiger partial charge in [0.2, 0.25) is 15.9 Å². The van der Waals surface area contributed by atoms with Gasteiger partial charge in [0.25, 0.3) is 0 Å². The molecular weight excluding hydrogens is 380 g/mol. The third kappa shape index (κ3) is 7.36. The topological polar surface area (TPSA) is 75.3 Å². The summed E-state index contributed by atoms with van der Waals surface area (Å²) in [4.78, 5) is 13.3. The molecule has 2 N–H and O–H groups in total. The molecule has 0 spiro atoms. The Morgan fingerprint density at radius 1 is 1.00 bits per heavy atom. The zero-order valence-corrected chi connectivity index (χ0v) is 17.3. The zero-order valence-electron chi connectivity index (χ0n) is 15.7. The average molecular weight is 407 g/mol. The minimum Gasteiger partial charge on any atom is -0.356 e. The molecule has 7 heteroatoms. The first-order chi connectivity index (χ1) is 12.9. The molecule has 5 nitrogen and oxygen atoms in total. The lowest BCUT2D eigenvalue weighted by Gasteiger charge is -2.09. The van der Waals surface area contributed by atoms with E-state index in [1.165, 1.54) is 4.90 Å². The summed E-state index contributed by atoms with van der Waals surface area (Å²) in [7, 11) is -3.59. The van der Waals surface area contributed by atoms with Crippen molar-refractivity contribution in [3.63, 3.8) is 0 Å². The monoisotopic (exact) mass is 406 g/mol. The summed E-state index contributed by atoms with van der Waals surface area (Å²) in [6.45, 7) is 4.47. The van der Waals surface area contributed by atoms with Gasteiger partial charge < -0.3 is 5.32 Å². The second kappa shape index (κ2) is 10.5. The number of carbonyl (C=O) groups excluding carboxylic acids is 1. The summed E-state index contributed by atoms with van der Waals surface area (Å²) < 4.78 is 27.0. The van der Waals surface area contributed by atoms with Crippen LogP contribution in [0.3, 0.4) is 0 Å². The fraction of sp³-hybridized carbons (Fsp3) is 0.350. The van der Waals surface area contributed by atoms with Gasteiger partial charge in [0.1, 0.15) is 0 Å². The molecule has 1 amide bonds. The zero-order chi connectivity index (χ0) is 19.7. The second-order valence-corrected chi connectivity index (χ2v) is 9.19. The Labute approximate surface area is 166 Å². The van der Waals surface area contributed by atoms with E-state index >= 15 is 0 Å². The molecule has 2 rings (SSSR count). The van der Waals surface area contributed by atoms with Gasteiger partial charge in [-0.1, -0.05) is 24.3 Å². The van der Waals surface area contributed by atoms with Crippen LogP contribution in [-0.4, -0.2) is 33.2 Å². The SMILES string of the molecule is Cc1ccc(S(=O)(=O)NCCC(=O)NCCCSc2ccccc2)cc1C. The highest BCUT2D eigenvalue weighted by Gasteiger charge is 2.14. The minimum absolute atomic E-state index is 0.0832. The van der Waals surface area contributed by atoms with Crippen molar-refractivity contribution in [2.24, 2.45) is 0 Å². The highest BCUT2D eigenvalue weighted by atomic mass is 32.2. The molecule has 0 saturated heterocycles. The van der Waals surface area contributed by atoms with Gasteiger partial charge in [0.05, 0.1) is 4.90 Å². The minimum atomic E-state index is -3.59. The Morgan fingerprint density at radius 3 is 2.44 bits per heavy atom. The van der Waals surface area contributed by atoms with Crippen molar-refractivity contribution in [2.75, 3.05) is 18.8 Å². The normalized spacial score (nSPS) is 11.3. The maximum absolute atomic E-state index is 12.3. The van der Waals surface area contributed by atoms with Gasteiger partial charge in [-0.15, -0.1) is 11.8 Å². The molecule has 0 aliphatic carbocycles. The predicted molar refractivity (Wildman–Crippen MR) is 111 cm³/mol. The molecule has 27 heavy (non-hydrogen) atoms. The Balaban J connectivity index is 1.64. The fourth-order valence-electron chi connectivity index (χ4n) is 2.36. The van der Waals surface area contributed by atoms with E-state index in [0.29, 0.717) is 6.54 Å². The Hall–Kier alpha value is -1.83. The van der Waals surface area contributed by atoms with Crippen LogP contribution in [0.15, 0.2) is 58.3 Å². The number of sulfonamides is 1. The van der Waals surface area contributed by atoms with Gasteiger partial charge in [0, 0.05) is 24.4 Å². The summed E-state index contributed by atoms with van der Waals surface area (Å²) in [6, 6.07) is 15.1. The predicted octanol–water partition coefficient (Wildman–Crippen LogP) is 3.27. The van der Waals surface area contributed by atoms with Gasteiger partial charge in [-0.3, -0.25) is 4.79 Å². The van der Waals surface area contributed by atoms with Crippen molar-refractivity contribution in [1.29, 1.82) is 0 Å². The maximum atomic E-state index is 12.3. The number of rotatable bonds is 10. The van der Waals surface area contributed by atoms with Gasteiger partial charge in [-0.2, -0.15) is 0 Å². The van der Waals surface area contributed by atoms with Gasteiger partial charge in [0.15, 0.2) is 0 Å². The molecule has 146 valence electrons. The number of amides is 1. The molecule has 2 aromatic rings. The Morgan fingerprint density at radius 2 is 1.74 bits per heavy atom. The number of carbonyl (C=O) groups is 1. The highest BCUT2D eigenvalue weighted by molar-refractivity contribution is 7.99. The maximum Gasteiger partial charge on any atom is 0.240 e. The molecule has 0 radical (unpaired) electrons. The molecular formula is C20H26N2O3S2. The number of nitrogens with one attached hydrogen (secondary N) is 2. The van der Waals surface area contributed by atoms with Crippen LogP contribution in [0.2, 0.25) is 0 Å². The lowest BCUT2D eigenvalue weighted by atomic mass is 10.1. The number of aryl methyl sites for hydroxylation is 2. The van der Waals surface area contributed by atoms with Crippen LogP contribution in [0.1, 0.15) is 24.0 Å². The van der Waals surface area contributed by atoms with Crippen molar-refractivity contribution < 1.29 is 13.2 Å². The van der Waals surface area contributed by atoms with Crippen molar-refractivity contribution in [3.05, 3.63) is 59.7 Å². The number of hydrogen-bond donors (Lipinski definition) is 2. The summed E-state index contributed by atoms with van der Waals surface area (Å²) >= 11 is 1.75. The van der Waals surface area contributed by atoms with E-state index in [1.807, 2.05) is 32.0 Å². The van der Waals surface area contributed by atoms with E-state index in [0.717, 1.165) is 23.3 Å². The molecule has 0 aromatic heterocycles. The molecule has 0 heterocycles. The second-order valence-electron chi connectivity index (χ2n) is 6.26. The van der Waals surface area contributed by atoms with Crippen molar-refractivity contribution in [3.8, 4) is 0 Å². The molecule has 0 aliphatic rings. The molecule has 0 saturated carbocycles. The quantitative estimate of drug-likeness (QED) is 0.469. The van der Waals surface area contributed by atoms with E-state index in [9.17, 15) is 13.2 Å². The highest BCUT2D eigenvalue weighted by Crippen LogP contribution is 2.17. The number of hydrogen-bond acceptors (Lipinski definition) is 4. The van der Waals surface area contributed by atoms with Crippen LogP contribution in [0.4, 0.5) is 0 Å². The molecule has 0 unspecified atom stereocenters. The van der Waals surface area contributed by atoms with Crippen molar-refractivity contribution in [2.45, 2.75) is 36.5 Å². The van der Waals surface area contributed by atoms with Gasteiger partial charge in [-0.05, 0) is 61.4 Å². The van der Waals surface area contributed by atoms with Crippen LogP contribution in [0, 0.1) is 13.8 Å². The summed E-state index contributed by atoms with van der Waals surface area (Å²) in [5, 5.41) is 2.82. The summed E-state index contributed by atoms with van der Waals surface area (Å²) in [6.07, 6.45) is 0.982. The smallest absolute Gasteiger partial charge is 0.240 e. The van der Waals surface area contributed by atoms with Crippen LogP contribution in [-0.2, 0) is 14.8 Å². The number of thioether (sulfide) groups is 1. The lowest BCUT2D eigenvalue weighted by Crippen LogP contribution is -2.31. The Kier molecular flexibility index (Phi) is 8.34. The Bertz CT molecular complexity index is 853. The average Bonchev–Trinajstić information content (AvgIpc) is 2.64. The van der Waals surface area contributed by atoms with Crippen molar-refractivity contribution >= 4 is 27.7 Å². The molecule has 2 aromatic carbocycles. The lowest BCUT2D eigenvalue weighted by molar-refractivity contribution is -0.120. The molecule has 0 aliphatic heterocycles. The van der Waals surface area contributed by atoms with E-state index < -0.39 is 10.0 Å². The first-order valence-electron chi connectivity index (χ1n) is 8.90. The number of benzene rings is 2. The van der Waals surface area contributed by atoms with E-state index in [1.54, 1.807) is 30.0 Å². The first-order valence-corrected chi connectivity index (χ1v) is 11.4. The standard InChI is InChI=1S/C20H26N2O3S2/c1-16-9-10-19(15-17(16)2)27(24,25)22-13-11-20(23)21-12-6-14-26-18-7-4-3-5-8-18/h3-5,7-10,15,22H,6,11-14H2,1-2H3,(H,21,23). The van der Waals surface area contributed by atoms with Gasteiger partial charge >= 0.3 is 0 Å². The third-order valence-electron chi connectivity index (χ3n) is 4.09. The molecule has 0 bridgehead atoms. The van der Waals surface area contributed by atoms with Crippen LogP contribution < -0.4 is 10.0 Å². The molecule has 0 atom stereocenters. The first kappa shape index (κ1) is 21.5. The van der Waals surface area contributed by atoms with E-state index in [-0.39, 0.29) is 23.8 Å².